The first-order valence-corrected chi connectivity index (χ1v) is 9.37. The molecule has 2 N–H and O–H groups in total. The minimum absolute atomic E-state index is 0.00864. The molecule has 1 saturated heterocycles. The molecule has 4 rings (SSSR count). The Bertz CT molecular complexity index is 930. The SMILES string of the molecule is CC(N)C(=O)N1CCC(n2ncc(COc3ccc(-n4cnnn4)nc3)n2)CC1. The van der Waals surface area contributed by atoms with E-state index in [1.807, 2.05) is 0 Å². The van der Waals surface area contributed by atoms with Crippen LogP contribution in [0.25, 0.3) is 5.82 Å². The Morgan fingerprint density at radius 3 is 2.79 bits per heavy atom. The number of likely N-dealkylation sites (tertiary alicyclic amines) is 1. The highest BCUT2D eigenvalue weighted by molar-refractivity contribution is 5.81. The van der Waals surface area contributed by atoms with Crippen molar-refractivity contribution in [1.82, 2.24) is 45.1 Å². The van der Waals surface area contributed by atoms with E-state index in [0.29, 0.717) is 24.7 Å². The van der Waals surface area contributed by atoms with Crippen LogP contribution in [-0.2, 0) is 11.4 Å². The zero-order valence-corrected chi connectivity index (χ0v) is 16.0. The van der Waals surface area contributed by atoms with Gasteiger partial charge in [-0.25, -0.2) is 4.98 Å². The lowest BCUT2D eigenvalue weighted by Gasteiger charge is -2.32. The lowest BCUT2D eigenvalue weighted by Crippen LogP contribution is -2.46. The molecular formula is C17H22N10O2. The zero-order chi connectivity index (χ0) is 20.2. The molecular weight excluding hydrogens is 376 g/mol. The molecule has 3 aromatic rings. The first-order chi connectivity index (χ1) is 14.1. The average Bonchev–Trinajstić information content (AvgIpc) is 3.44. The molecule has 29 heavy (non-hydrogen) atoms. The molecule has 0 saturated carbocycles. The smallest absolute Gasteiger partial charge is 0.239 e. The normalized spacial score (nSPS) is 16.0. The van der Waals surface area contributed by atoms with Crippen LogP contribution in [0.1, 0.15) is 31.5 Å². The van der Waals surface area contributed by atoms with E-state index in [1.165, 1.54) is 11.0 Å². The van der Waals surface area contributed by atoms with Crippen molar-refractivity contribution in [3.8, 4) is 11.6 Å². The Hall–Kier alpha value is -3.41. The van der Waals surface area contributed by atoms with Crippen LogP contribution in [0.5, 0.6) is 5.75 Å². The highest BCUT2D eigenvalue weighted by Gasteiger charge is 2.26. The molecule has 1 aliphatic rings. The van der Waals surface area contributed by atoms with Crippen molar-refractivity contribution in [2.75, 3.05) is 13.1 Å². The molecule has 1 aliphatic heterocycles. The van der Waals surface area contributed by atoms with Gasteiger partial charge in [-0.15, -0.1) is 5.10 Å². The quantitative estimate of drug-likeness (QED) is 0.594. The summed E-state index contributed by atoms with van der Waals surface area (Å²) >= 11 is 0. The number of carbonyl (C=O) groups is 1. The second-order valence-corrected chi connectivity index (χ2v) is 6.90. The molecule has 1 fully saturated rings. The summed E-state index contributed by atoms with van der Waals surface area (Å²) in [6, 6.07) is 3.26. The van der Waals surface area contributed by atoms with Crippen molar-refractivity contribution in [2.45, 2.75) is 38.5 Å². The van der Waals surface area contributed by atoms with Crippen molar-refractivity contribution in [3.05, 3.63) is 36.5 Å². The number of piperidine rings is 1. The summed E-state index contributed by atoms with van der Waals surface area (Å²) in [5.74, 6) is 1.20. The zero-order valence-electron chi connectivity index (χ0n) is 16.0. The van der Waals surface area contributed by atoms with Crippen LogP contribution >= 0.6 is 0 Å². The topological polar surface area (TPSA) is 143 Å². The van der Waals surface area contributed by atoms with Crippen LogP contribution in [0, 0.1) is 0 Å². The van der Waals surface area contributed by atoms with Gasteiger partial charge < -0.3 is 15.4 Å². The second-order valence-electron chi connectivity index (χ2n) is 6.90. The monoisotopic (exact) mass is 398 g/mol. The molecule has 4 heterocycles. The maximum absolute atomic E-state index is 12.0. The van der Waals surface area contributed by atoms with Crippen LogP contribution in [0.4, 0.5) is 0 Å². The van der Waals surface area contributed by atoms with Gasteiger partial charge in [0.1, 0.15) is 24.4 Å². The third kappa shape index (κ3) is 4.37. The number of amides is 1. The van der Waals surface area contributed by atoms with E-state index in [2.05, 4.69) is 30.7 Å². The number of tetrazole rings is 1. The van der Waals surface area contributed by atoms with E-state index in [0.717, 1.165) is 18.5 Å². The maximum atomic E-state index is 12.0. The molecule has 0 radical (unpaired) electrons. The Balaban J connectivity index is 1.29. The number of pyridine rings is 1. The fraction of sp³-hybridized carbons (Fsp3) is 0.471. The molecule has 3 aromatic heterocycles. The number of hydrogen-bond donors (Lipinski definition) is 1. The van der Waals surface area contributed by atoms with Crippen LogP contribution in [0.15, 0.2) is 30.9 Å². The maximum Gasteiger partial charge on any atom is 0.239 e. The van der Waals surface area contributed by atoms with E-state index < -0.39 is 6.04 Å². The minimum Gasteiger partial charge on any atom is -0.486 e. The number of hydrogen-bond acceptors (Lipinski definition) is 9. The van der Waals surface area contributed by atoms with Gasteiger partial charge in [-0.1, -0.05) is 0 Å². The molecule has 1 atom stereocenters. The molecule has 12 nitrogen and oxygen atoms in total. The number of aromatic nitrogens is 8. The fourth-order valence-electron chi connectivity index (χ4n) is 3.17. The number of nitrogens with zero attached hydrogens (tertiary/aromatic N) is 9. The Morgan fingerprint density at radius 1 is 1.31 bits per heavy atom. The van der Waals surface area contributed by atoms with Gasteiger partial charge >= 0.3 is 0 Å². The summed E-state index contributed by atoms with van der Waals surface area (Å²) in [5.41, 5.74) is 6.41. The van der Waals surface area contributed by atoms with Crippen LogP contribution in [0.3, 0.4) is 0 Å². The van der Waals surface area contributed by atoms with E-state index in [9.17, 15) is 4.79 Å². The predicted octanol–water partition coefficient (Wildman–Crippen LogP) is -0.261. The van der Waals surface area contributed by atoms with Crippen molar-refractivity contribution in [2.24, 2.45) is 5.73 Å². The summed E-state index contributed by atoms with van der Waals surface area (Å²) in [5, 5.41) is 19.8. The summed E-state index contributed by atoms with van der Waals surface area (Å²) in [6.07, 6.45) is 6.37. The fourth-order valence-corrected chi connectivity index (χ4v) is 3.17. The third-order valence-electron chi connectivity index (χ3n) is 4.74. The van der Waals surface area contributed by atoms with Gasteiger partial charge in [0.25, 0.3) is 0 Å². The molecule has 1 amide bonds. The first-order valence-electron chi connectivity index (χ1n) is 9.37. The summed E-state index contributed by atoms with van der Waals surface area (Å²) in [7, 11) is 0. The summed E-state index contributed by atoms with van der Waals surface area (Å²) < 4.78 is 7.19. The summed E-state index contributed by atoms with van der Waals surface area (Å²) in [6.45, 7) is 3.33. The Kier molecular flexibility index (Phi) is 5.42. The Morgan fingerprint density at radius 2 is 2.14 bits per heavy atom. The standard InChI is InChI=1S/C17H22N10O2/c1-12(18)17(28)25-6-4-14(5-7-25)27-21-8-13(22-27)10-29-15-2-3-16(19-9-15)26-11-20-23-24-26/h2-3,8-9,11-12,14H,4-7,10,18H2,1H3. The van der Waals surface area contributed by atoms with Gasteiger partial charge in [-0.2, -0.15) is 19.7 Å². The van der Waals surface area contributed by atoms with Crippen molar-refractivity contribution < 1.29 is 9.53 Å². The second kappa shape index (κ2) is 8.31. The number of nitrogens with two attached hydrogens (primary N) is 1. The van der Waals surface area contributed by atoms with E-state index >= 15 is 0 Å². The van der Waals surface area contributed by atoms with Crippen LogP contribution in [0.2, 0.25) is 0 Å². The van der Waals surface area contributed by atoms with Crippen molar-refractivity contribution in [1.29, 1.82) is 0 Å². The van der Waals surface area contributed by atoms with E-state index in [1.54, 1.807) is 41.1 Å². The molecule has 0 bridgehead atoms. The van der Waals surface area contributed by atoms with Gasteiger partial charge in [0.2, 0.25) is 5.91 Å². The number of rotatable bonds is 6. The number of ether oxygens (including phenoxy) is 1. The van der Waals surface area contributed by atoms with Gasteiger partial charge in [-0.3, -0.25) is 4.79 Å². The Labute approximate surface area is 166 Å². The first kappa shape index (κ1) is 18.9. The lowest BCUT2D eigenvalue weighted by molar-refractivity contribution is -0.133. The highest BCUT2D eigenvalue weighted by Crippen LogP contribution is 2.21. The molecule has 152 valence electrons. The third-order valence-corrected chi connectivity index (χ3v) is 4.74. The molecule has 12 heteroatoms. The molecule has 0 spiro atoms. The largest absolute Gasteiger partial charge is 0.486 e. The molecule has 0 aliphatic carbocycles. The number of carbonyl (C=O) groups excluding carboxylic acids is 1. The van der Waals surface area contributed by atoms with Crippen LogP contribution in [-0.4, -0.2) is 70.1 Å². The van der Waals surface area contributed by atoms with Crippen LogP contribution < -0.4 is 10.5 Å². The molecule has 1 unspecified atom stereocenters. The predicted molar refractivity (Wildman–Crippen MR) is 99.8 cm³/mol. The lowest BCUT2D eigenvalue weighted by atomic mass is 10.1. The van der Waals surface area contributed by atoms with E-state index in [4.69, 9.17) is 10.5 Å². The van der Waals surface area contributed by atoms with Gasteiger partial charge in [-0.05, 0) is 42.3 Å². The highest BCUT2D eigenvalue weighted by atomic mass is 16.5. The van der Waals surface area contributed by atoms with Crippen molar-refractivity contribution >= 4 is 5.91 Å². The van der Waals surface area contributed by atoms with Crippen molar-refractivity contribution in [3.63, 3.8) is 0 Å². The van der Waals surface area contributed by atoms with Gasteiger partial charge in [0.05, 0.1) is 24.5 Å². The minimum atomic E-state index is -0.463. The summed E-state index contributed by atoms with van der Waals surface area (Å²) in [4.78, 5) is 19.8. The van der Waals surface area contributed by atoms with E-state index in [-0.39, 0.29) is 18.6 Å². The average molecular weight is 398 g/mol. The van der Waals surface area contributed by atoms with Gasteiger partial charge in [0.15, 0.2) is 5.82 Å². The van der Waals surface area contributed by atoms with Gasteiger partial charge in [0, 0.05) is 13.1 Å². The molecule has 0 aromatic carbocycles.